The molecule has 0 unspecified atom stereocenters. The minimum atomic E-state index is -1.36. The average molecular weight is 590 g/mol. The van der Waals surface area contributed by atoms with Gasteiger partial charge in [0.15, 0.2) is 11.6 Å². The zero-order valence-electron chi connectivity index (χ0n) is 21.2. The summed E-state index contributed by atoms with van der Waals surface area (Å²) in [5.74, 6) is 0.734. The first-order chi connectivity index (χ1) is 19.0. The molecule has 1 aliphatic carbocycles. The average Bonchev–Trinajstić information content (AvgIpc) is 3.69. The number of rotatable bonds is 11. The van der Waals surface area contributed by atoms with Crippen LogP contribution >= 0.6 is 15.9 Å². The third-order valence-corrected chi connectivity index (χ3v) is 7.51. The van der Waals surface area contributed by atoms with Crippen molar-refractivity contribution in [1.82, 2.24) is 5.32 Å². The summed E-state index contributed by atoms with van der Waals surface area (Å²) in [5.41, 5.74) is 10.4. The Labute approximate surface area is 234 Å². The molecular weight excluding hydrogens is 562 g/mol. The number of nitrogens with zero attached hydrogens (tertiary/aromatic N) is 4. The number of aliphatic imine (C=N–C) groups is 1. The monoisotopic (exact) mass is 589 g/mol. The molecule has 9 nitrogen and oxygen atoms in total. The first-order valence-electron chi connectivity index (χ1n) is 12.8. The fourth-order valence-corrected chi connectivity index (χ4v) is 5.00. The molecule has 1 aliphatic heterocycles. The van der Waals surface area contributed by atoms with Crippen LogP contribution in [-0.4, -0.2) is 41.7 Å². The van der Waals surface area contributed by atoms with E-state index in [9.17, 15) is 10.3 Å². The van der Waals surface area contributed by atoms with Gasteiger partial charge in [-0.3, -0.25) is 4.79 Å². The lowest BCUT2D eigenvalue weighted by atomic mass is 9.81. The van der Waals surface area contributed by atoms with Crippen LogP contribution in [0, 0.1) is 0 Å². The SMILES string of the molecule is [N-]=[N+]=Nc1ccccc1[C@H]1OC(c2ccc(OCCCO)cc2)=N[C@@]1(Cc1ccccc1Br)C(=O)NC1CC1. The smallest absolute Gasteiger partial charge is 0.252 e. The maximum atomic E-state index is 14.1. The number of carbonyl (C=O) groups excluding carboxylic acids is 1. The Balaban J connectivity index is 1.61. The molecule has 2 N–H and O–H groups in total. The van der Waals surface area contributed by atoms with Gasteiger partial charge in [0, 0.05) is 51.7 Å². The van der Waals surface area contributed by atoms with Gasteiger partial charge >= 0.3 is 0 Å². The number of hydrogen-bond donors (Lipinski definition) is 2. The lowest BCUT2D eigenvalue weighted by Crippen LogP contribution is -2.50. The molecule has 1 amide bonds. The van der Waals surface area contributed by atoms with Crippen molar-refractivity contribution in [3.05, 3.63) is 104 Å². The highest BCUT2D eigenvalue weighted by Gasteiger charge is 2.54. The number of nitrogens with one attached hydrogen (secondary N) is 1. The van der Waals surface area contributed by atoms with Crippen LogP contribution in [0.15, 0.2) is 87.4 Å². The van der Waals surface area contributed by atoms with E-state index in [0.717, 1.165) is 22.9 Å². The predicted octanol–water partition coefficient (Wildman–Crippen LogP) is 5.93. The molecule has 10 heteroatoms. The molecule has 0 aromatic heterocycles. The van der Waals surface area contributed by atoms with E-state index in [4.69, 9.17) is 19.6 Å². The van der Waals surface area contributed by atoms with Crippen molar-refractivity contribution in [2.24, 2.45) is 10.1 Å². The van der Waals surface area contributed by atoms with Crippen molar-refractivity contribution in [1.29, 1.82) is 0 Å². The van der Waals surface area contributed by atoms with E-state index in [1.54, 1.807) is 24.3 Å². The molecule has 3 aromatic carbocycles. The topological polar surface area (TPSA) is 129 Å². The molecule has 200 valence electrons. The van der Waals surface area contributed by atoms with Crippen molar-refractivity contribution in [3.8, 4) is 5.75 Å². The first kappa shape index (κ1) is 26.7. The third kappa shape index (κ3) is 5.93. The van der Waals surface area contributed by atoms with Gasteiger partial charge in [-0.25, -0.2) is 4.99 Å². The molecule has 39 heavy (non-hydrogen) atoms. The summed E-state index contributed by atoms with van der Waals surface area (Å²) in [6.07, 6.45) is 1.80. The van der Waals surface area contributed by atoms with Crippen LogP contribution in [-0.2, 0) is 16.0 Å². The highest BCUT2D eigenvalue weighted by molar-refractivity contribution is 9.10. The number of halogens is 1. The number of amides is 1. The minimum absolute atomic E-state index is 0.0595. The largest absolute Gasteiger partial charge is 0.494 e. The molecule has 1 heterocycles. The Kier molecular flexibility index (Phi) is 8.16. The Morgan fingerprint density at radius 1 is 1.15 bits per heavy atom. The highest BCUT2D eigenvalue weighted by atomic mass is 79.9. The van der Waals surface area contributed by atoms with E-state index in [-0.39, 0.29) is 25.0 Å². The van der Waals surface area contributed by atoms with E-state index in [0.29, 0.717) is 41.5 Å². The third-order valence-electron chi connectivity index (χ3n) is 6.73. The van der Waals surface area contributed by atoms with E-state index in [2.05, 4.69) is 31.3 Å². The van der Waals surface area contributed by atoms with Crippen molar-refractivity contribution >= 4 is 33.4 Å². The normalized spacial score (nSPS) is 19.9. The molecule has 0 saturated heterocycles. The summed E-state index contributed by atoms with van der Waals surface area (Å²) < 4.78 is 13.0. The van der Waals surface area contributed by atoms with Crippen molar-refractivity contribution < 1.29 is 19.4 Å². The molecule has 3 aromatic rings. The van der Waals surface area contributed by atoms with Crippen LogP contribution < -0.4 is 10.1 Å². The molecular formula is C29H28BrN5O4. The quantitative estimate of drug-likeness (QED) is 0.124. The lowest BCUT2D eigenvalue weighted by molar-refractivity contribution is -0.129. The predicted molar refractivity (Wildman–Crippen MR) is 151 cm³/mol. The van der Waals surface area contributed by atoms with Gasteiger partial charge in [-0.1, -0.05) is 63.5 Å². The number of carbonyl (C=O) groups is 1. The van der Waals surface area contributed by atoms with Gasteiger partial charge in [-0.05, 0) is 54.3 Å². The van der Waals surface area contributed by atoms with E-state index < -0.39 is 11.6 Å². The number of aliphatic hydroxyl groups is 1. The minimum Gasteiger partial charge on any atom is -0.494 e. The van der Waals surface area contributed by atoms with Crippen LogP contribution in [0.1, 0.15) is 42.1 Å². The molecule has 1 fully saturated rings. The molecule has 0 radical (unpaired) electrons. The summed E-state index contributed by atoms with van der Waals surface area (Å²) in [6.45, 7) is 0.464. The summed E-state index contributed by atoms with van der Waals surface area (Å²) in [7, 11) is 0. The maximum Gasteiger partial charge on any atom is 0.252 e. The van der Waals surface area contributed by atoms with Crippen LogP contribution in [0.3, 0.4) is 0 Å². The van der Waals surface area contributed by atoms with Gasteiger partial charge in [0.25, 0.3) is 5.91 Å². The number of aliphatic hydroxyl groups excluding tert-OH is 1. The van der Waals surface area contributed by atoms with Gasteiger partial charge < -0.3 is 19.9 Å². The summed E-state index contributed by atoms with van der Waals surface area (Å²) in [6, 6.07) is 22.2. The summed E-state index contributed by atoms with van der Waals surface area (Å²) in [5, 5.41) is 16.1. The lowest BCUT2D eigenvalue weighted by Gasteiger charge is -2.31. The Morgan fingerprint density at radius 3 is 2.62 bits per heavy atom. The fourth-order valence-electron chi connectivity index (χ4n) is 4.58. The second-order valence-corrected chi connectivity index (χ2v) is 10.4. The van der Waals surface area contributed by atoms with Gasteiger partial charge in [0.05, 0.1) is 6.61 Å². The molecule has 0 spiro atoms. The van der Waals surface area contributed by atoms with Crippen molar-refractivity contribution in [3.63, 3.8) is 0 Å². The number of benzene rings is 3. The molecule has 0 bridgehead atoms. The number of azide groups is 1. The second-order valence-electron chi connectivity index (χ2n) is 9.55. The molecule has 5 rings (SSSR count). The number of hydrogen-bond acceptors (Lipinski definition) is 6. The molecule has 2 aliphatic rings. The standard InChI is InChI=1S/C29H28BrN5O4/c30-24-8-3-1-6-20(24)18-29(28(37)32-21-12-13-21)26(23-7-2-4-9-25(23)34-35-31)39-27(33-29)19-10-14-22(15-11-19)38-17-5-16-36/h1-4,6-11,14-15,21,26,36H,5,12-13,16-18H2,(H,32,37)/t26-,29-/m1/s1. The second kappa shape index (κ2) is 11.9. The zero-order valence-corrected chi connectivity index (χ0v) is 22.8. The van der Waals surface area contributed by atoms with Gasteiger partial charge in [-0.2, -0.15) is 0 Å². The van der Waals surface area contributed by atoms with Crippen molar-refractivity contribution in [2.45, 2.75) is 43.4 Å². The Morgan fingerprint density at radius 2 is 1.90 bits per heavy atom. The molecule has 2 atom stereocenters. The zero-order chi connectivity index (χ0) is 27.2. The van der Waals surface area contributed by atoms with E-state index in [1.807, 2.05) is 48.5 Å². The Bertz CT molecular complexity index is 1420. The van der Waals surface area contributed by atoms with Crippen molar-refractivity contribution in [2.75, 3.05) is 13.2 Å². The van der Waals surface area contributed by atoms with Gasteiger partial charge in [0.1, 0.15) is 5.75 Å². The fraction of sp³-hybridized carbons (Fsp3) is 0.310. The highest BCUT2D eigenvalue weighted by Crippen LogP contribution is 2.46. The van der Waals surface area contributed by atoms with Gasteiger partial charge in [-0.15, -0.1) is 0 Å². The summed E-state index contributed by atoms with van der Waals surface area (Å²) >= 11 is 3.63. The molecule has 1 saturated carbocycles. The van der Waals surface area contributed by atoms with Gasteiger partial charge in [0.2, 0.25) is 5.90 Å². The van der Waals surface area contributed by atoms with E-state index >= 15 is 0 Å². The Hall–Kier alpha value is -3.85. The van der Waals surface area contributed by atoms with Crippen LogP contribution in [0.4, 0.5) is 5.69 Å². The first-order valence-corrected chi connectivity index (χ1v) is 13.6. The van der Waals surface area contributed by atoms with Crippen LogP contribution in [0.5, 0.6) is 5.75 Å². The number of ether oxygens (including phenoxy) is 2. The maximum absolute atomic E-state index is 14.1. The van der Waals surface area contributed by atoms with E-state index in [1.165, 1.54) is 0 Å². The van der Waals surface area contributed by atoms with Crippen LogP contribution in [0.25, 0.3) is 10.4 Å². The summed E-state index contributed by atoms with van der Waals surface area (Å²) in [4.78, 5) is 22.1. The van der Waals surface area contributed by atoms with Crippen LogP contribution in [0.2, 0.25) is 0 Å².